The third-order valence-electron chi connectivity index (χ3n) is 3.22. The highest BCUT2D eigenvalue weighted by Crippen LogP contribution is 2.30. The Kier molecular flexibility index (Phi) is 5.65. The summed E-state index contributed by atoms with van der Waals surface area (Å²) >= 11 is 11.7. The number of carbonyl (C=O) groups is 1. The summed E-state index contributed by atoms with van der Waals surface area (Å²) in [5.41, 5.74) is -0.626. The molecule has 4 nitrogen and oxygen atoms in total. The maximum Gasteiger partial charge on any atom is 0.269 e. The van der Waals surface area contributed by atoms with Gasteiger partial charge in [0.15, 0.2) is 5.57 Å². The lowest BCUT2D eigenvalue weighted by molar-refractivity contribution is -0.112. The minimum atomic E-state index is -0.699. The van der Waals surface area contributed by atoms with Crippen molar-refractivity contribution < 1.29 is 9.90 Å². The van der Waals surface area contributed by atoms with E-state index in [2.05, 4.69) is 5.32 Å². The van der Waals surface area contributed by atoms with Gasteiger partial charge in [0.2, 0.25) is 0 Å². The Hall–Kier alpha value is -1.70. The van der Waals surface area contributed by atoms with E-state index in [1.165, 1.54) is 18.2 Å². The van der Waals surface area contributed by atoms with Gasteiger partial charge >= 0.3 is 0 Å². The van der Waals surface area contributed by atoms with Crippen molar-refractivity contribution >= 4 is 34.8 Å². The average molecular weight is 327 g/mol. The number of nitrogens with zero attached hydrogens (tertiary/aromatic N) is 1. The fourth-order valence-corrected chi connectivity index (χ4v) is 2.06. The summed E-state index contributed by atoms with van der Waals surface area (Å²) in [6.45, 7) is 5.37. The van der Waals surface area contributed by atoms with Gasteiger partial charge in [0.1, 0.15) is 11.8 Å². The summed E-state index contributed by atoms with van der Waals surface area (Å²) in [5, 5.41) is 22.5. The molecule has 0 fully saturated rings. The molecule has 0 bridgehead atoms. The van der Waals surface area contributed by atoms with E-state index in [0.717, 1.165) is 0 Å². The fraction of sp³-hybridized carbons (Fsp3) is 0.333. The van der Waals surface area contributed by atoms with E-state index in [9.17, 15) is 9.90 Å². The summed E-state index contributed by atoms with van der Waals surface area (Å²) < 4.78 is 0. The Morgan fingerprint density at radius 2 is 1.86 bits per heavy atom. The Morgan fingerprint density at radius 1 is 1.33 bits per heavy atom. The predicted octanol–water partition coefficient (Wildman–Crippen LogP) is 4.70. The molecule has 21 heavy (non-hydrogen) atoms. The molecule has 1 aromatic carbocycles. The van der Waals surface area contributed by atoms with Crippen molar-refractivity contribution in [3.63, 3.8) is 0 Å². The van der Waals surface area contributed by atoms with Crippen molar-refractivity contribution in [2.45, 2.75) is 27.2 Å². The van der Waals surface area contributed by atoms with Crippen LogP contribution in [-0.2, 0) is 4.79 Å². The highest BCUT2D eigenvalue weighted by Gasteiger charge is 2.27. The zero-order valence-electron chi connectivity index (χ0n) is 12.0. The number of nitriles is 1. The second-order valence-corrected chi connectivity index (χ2v) is 6.06. The number of rotatable bonds is 4. The summed E-state index contributed by atoms with van der Waals surface area (Å²) in [7, 11) is 0. The van der Waals surface area contributed by atoms with Gasteiger partial charge in [0.05, 0.1) is 0 Å². The molecule has 0 aromatic heterocycles. The van der Waals surface area contributed by atoms with Crippen LogP contribution in [0, 0.1) is 16.7 Å². The number of anilines is 1. The highest BCUT2D eigenvalue weighted by molar-refractivity contribution is 6.35. The molecule has 2 N–H and O–H groups in total. The van der Waals surface area contributed by atoms with Crippen LogP contribution in [-0.4, -0.2) is 11.0 Å². The number of amides is 1. The maximum atomic E-state index is 12.1. The SMILES string of the molecule is CCC(C)(C)/C(O)=C(\C#N)C(=O)Nc1cc(Cl)cc(Cl)c1. The van der Waals surface area contributed by atoms with E-state index >= 15 is 0 Å². The van der Waals surface area contributed by atoms with Crippen LogP contribution in [0.25, 0.3) is 0 Å². The molecule has 6 heteroatoms. The molecule has 0 saturated heterocycles. The smallest absolute Gasteiger partial charge is 0.269 e. The highest BCUT2D eigenvalue weighted by atomic mass is 35.5. The number of halogens is 2. The number of allylic oxidation sites excluding steroid dienone is 1. The molecule has 0 heterocycles. The zero-order valence-corrected chi connectivity index (χ0v) is 13.5. The van der Waals surface area contributed by atoms with Crippen LogP contribution < -0.4 is 5.32 Å². The number of nitrogens with one attached hydrogen (secondary N) is 1. The first-order valence-electron chi connectivity index (χ1n) is 6.32. The van der Waals surface area contributed by atoms with Crippen molar-refractivity contribution in [1.82, 2.24) is 0 Å². The molecule has 0 atom stereocenters. The Morgan fingerprint density at radius 3 is 2.29 bits per heavy atom. The first kappa shape index (κ1) is 17.4. The second kappa shape index (κ2) is 6.84. The number of benzene rings is 1. The number of carbonyl (C=O) groups excluding carboxylic acids is 1. The van der Waals surface area contributed by atoms with Crippen LogP contribution in [0.2, 0.25) is 10.0 Å². The minimum absolute atomic E-state index is 0.238. The van der Waals surface area contributed by atoms with Gasteiger partial charge in [-0.1, -0.05) is 44.0 Å². The first-order valence-corrected chi connectivity index (χ1v) is 7.08. The van der Waals surface area contributed by atoms with Crippen molar-refractivity contribution in [2.24, 2.45) is 5.41 Å². The molecule has 1 rings (SSSR count). The summed E-state index contributed by atoms with van der Waals surface area (Å²) in [6, 6.07) is 6.27. The third kappa shape index (κ3) is 4.38. The number of aliphatic hydroxyl groups is 1. The van der Waals surface area contributed by atoms with Gasteiger partial charge in [-0.25, -0.2) is 0 Å². The molecule has 112 valence electrons. The largest absolute Gasteiger partial charge is 0.510 e. The quantitative estimate of drug-likeness (QED) is 0.478. The number of aliphatic hydroxyl groups excluding tert-OH is 1. The monoisotopic (exact) mass is 326 g/mol. The molecule has 1 amide bonds. The minimum Gasteiger partial charge on any atom is -0.510 e. The van der Waals surface area contributed by atoms with Gasteiger partial charge in [-0.15, -0.1) is 0 Å². The van der Waals surface area contributed by atoms with Crippen LogP contribution in [0.15, 0.2) is 29.5 Å². The van der Waals surface area contributed by atoms with Gasteiger partial charge in [-0.2, -0.15) is 5.26 Å². The molecule has 1 aromatic rings. The van der Waals surface area contributed by atoms with Crippen molar-refractivity contribution in [2.75, 3.05) is 5.32 Å². The molecule has 0 unspecified atom stereocenters. The molecule has 0 aliphatic carbocycles. The maximum absolute atomic E-state index is 12.1. The lowest BCUT2D eigenvalue weighted by atomic mass is 9.85. The summed E-state index contributed by atoms with van der Waals surface area (Å²) in [6.07, 6.45) is 0.584. The van der Waals surface area contributed by atoms with Crippen LogP contribution in [0.5, 0.6) is 0 Å². The van der Waals surface area contributed by atoms with Gasteiger partial charge in [0.25, 0.3) is 5.91 Å². The van der Waals surface area contributed by atoms with Crippen molar-refractivity contribution in [1.29, 1.82) is 5.26 Å². The van der Waals surface area contributed by atoms with E-state index in [1.54, 1.807) is 19.9 Å². The molecular formula is C15H16Cl2N2O2. The van der Waals surface area contributed by atoms with Crippen LogP contribution in [0.1, 0.15) is 27.2 Å². The van der Waals surface area contributed by atoms with Crippen LogP contribution >= 0.6 is 23.2 Å². The summed E-state index contributed by atoms with van der Waals surface area (Å²) in [5.74, 6) is -0.937. The Bertz CT molecular complexity index is 611. The summed E-state index contributed by atoms with van der Waals surface area (Å²) in [4.78, 5) is 12.1. The Balaban J connectivity index is 3.11. The normalized spacial score (nSPS) is 12.4. The van der Waals surface area contributed by atoms with Gasteiger partial charge in [-0.3, -0.25) is 4.79 Å². The lowest BCUT2D eigenvalue weighted by Gasteiger charge is -2.22. The lowest BCUT2D eigenvalue weighted by Crippen LogP contribution is -2.22. The molecule has 0 aliphatic rings. The zero-order chi connectivity index (χ0) is 16.2. The molecule has 0 aliphatic heterocycles. The molecule has 0 radical (unpaired) electrons. The Labute approximate surface area is 134 Å². The number of hydrogen-bond acceptors (Lipinski definition) is 3. The van der Waals surface area contributed by atoms with E-state index in [4.69, 9.17) is 28.5 Å². The van der Waals surface area contributed by atoms with Crippen molar-refractivity contribution in [3.05, 3.63) is 39.6 Å². The molecule has 0 saturated carbocycles. The van der Waals surface area contributed by atoms with E-state index in [0.29, 0.717) is 22.2 Å². The van der Waals surface area contributed by atoms with E-state index in [-0.39, 0.29) is 11.3 Å². The number of hydrogen-bond donors (Lipinski definition) is 2. The van der Waals surface area contributed by atoms with Crippen LogP contribution in [0.3, 0.4) is 0 Å². The van der Waals surface area contributed by atoms with E-state index in [1.807, 2.05) is 6.92 Å². The topological polar surface area (TPSA) is 73.1 Å². The molecular weight excluding hydrogens is 311 g/mol. The predicted molar refractivity (Wildman–Crippen MR) is 84.4 cm³/mol. The average Bonchev–Trinajstić information content (AvgIpc) is 2.38. The fourth-order valence-electron chi connectivity index (χ4n) is 1.54. The van der Waals surface area contributed by atoms with Crippen molar-refractivity contribution in [3.8, 4) is 6.07 Å². The first-order chi connectivity index (χ1) is 9.71. The third-order valence-corrected chi connectivity index (χ3v) is 3.66. The molecule has 0 spiro atoms. The van der Waals surface area contributed by atoms with Gasteiger partial charge in [0, 0.05) is 21.1 Å². The van der Waals surface area contributed by atoms with Gasteiger partial charge < -0.3 is 10.4 Å². The van der Waals surface area contributed by atoms with Gasteiger partial charge in [-0.05, 0) is 24.6 Å². The van der Waals surface area contributed by atoms with E-state index < -0.39 is 11.3 Å². The second-order valence-electron chi connectivity index (χ2n) is 5.19. The van der Waals surface area contributed by atoms with Crippen LogP contribution in [0.4, 0.5) is 5.69 Å². The standard InChI is InChI=1S/C15H16Cl2N2O2/c1-4-15(2,3)13(20)12(8-18)14(21)19-11-6-9(16)5-10(17)7-11/h5-7,20H,4H2,1-3H3,(H,19,21)/b13-12-.